The zero-order valence-electron chi connectivity index (χ0n) is 21.9. The first kappa shape index (κ1) is 26.5. The molecule has 2 aromatic carbocycles. The lowest BCUT2D eigenvalue weighted by atomic mass is 9.75. The van der Waals surface area contributed by atoms with E-state index in [0.717, 1.165) is 22.2 Å². The highest BCUT2D eigenvalue weighted by Crippen LogP contribution is 2.38. The molecule has 1 aliphatic heterocycles. The average Bonchev–Trinajstić information content (AvgIpc) is 3.25. The van der Waals surface area contributed by atoms with E-state index >= 15 is 0 Å². The van der Waals surface area contributed by atoms with Crippen molar-refractivity contribution in [3.63, 3.8) is 0 Å². The summed E-state index contributed by atoms with van der Waals surface area (Å²) in [6.07, 6.45) is 0. The molecule has 0 radical (unpaired) electrons. The Morgan fingerprint density at radius 3 is 2.34 bits per heavy atom. The lowest BCUT2D eigenvalue weighted by molar-refractivity contribution is 0.00578. The Balaban J connectivity index is 1.68. The second-order valence-electron chi connectivity index (χ2n) is 11.2. The second kappa shape index (κ2) is 9.08. The van der Waals surface area contributed by atoms with E-state index in [-0.39, 0.29) is 10.8 Å². The molecule has 2 atom stereocenters. The van der Waals surface area contributed by atoms with Crippen LogP contribution in [0.5, 0.6) is 0 Å². The molecule has 0 amide bonds. The molecule has 6 nitrogen and oxygen atoms in total. The standard InChI is InChI=1S/C26H34BClN2O4S/c1-15-18(11-10-12-19(15)27-33-25(6,7)26(8,9)34-27)23-29-21-14-17(13-20(28)22(21)32-23)16(2)30-35(31)24(3,4)5/h10-14,16,30H,1-9H3. The topological polar surface area (TPSA) is 79.6 Å². The molecule has 1 saturated heterocycles. The quantitative estimate of drug-likeness (QED) is 0.337. The van der Waals surface area contributed by atoms with Crippen LogP contribution in [-0.2, 0) is 20.7 Å². The van der Waals surface area contributed by atoms with Crippen LogP contribution < -0.4 is 10.2 Å². The van der Waals surface area contributed by atoms with Crippen molar-refractivity contribution in [3.8, 4) is 11.5 Å². The maximum Gasteiger partial charge on any atom is 0.495 e. The summed E-state index contributed by atoms with van der Waals surface area (Å²) < 4.78 is 34.0. The number of benzene rings is 2. The summed E-state index contributed by atoms with van der Waals surface area (Å²) in [7, 11) is -0.477. The van der Waals surface area contributed by atoms with Gasteiger partial charge in [-0.1, -0.05) is 23.7 Å². The predicted molar refractivity (Wildman–Crippen MR) is 144 cm³/mol. The first-order valence-corrected chi connectivity index (χ1v) is 13.4. The Bertz CT molecular complexity index is 1240. The summed E-state index contributed by atoms with van der Waals surface area (Å²) in [4.78, 5) is 4.76. The van der Waals surface area contributed by atoms with Crippen molar-refractivity contribution >= 4 is 46.6 Å². The number of aromatic nitrogens is 1. The van der Waals surface area contributed by atoms with Crippen molar-refractivity contribution in [2.24, 2.45) is 0 Å². The van der Waals surface area contributed by atoms with Gasteiger partial charge in [-0.3, -0.25) is 0 Å². The maximum absolute atomic E-state index is 12.6. The molecule has 2 unspecified atom stereocenters. The van der Waals surface area contributed by atoms with E-state index in [4.69, 9.17) is 30.3 Å². The molecule has 2 heterocycles. The third-order valence-electron chi connectivity index (χ3n) is 6.92. The Hall–Kier alpha value is -1.55. The van der Waals surface area contributed by atoms with Crippen LogP contribution in [0, 0.1) is 6.92 Å². The molecular formula is C26H34BClN2O4S. The molecule has 1 N–H and O–H groups in total. The third-order valence-corrected chi connectivity index (χ3v) is 8.88. The van der Waals surface area contributed by atoms with E-state index in [1.807, 2.05) is 92.6 Å². The van der Waals surface area contributed by atoms with Crippen LogP contribution in [0.1, 0.15) is 72.6 Å². The van der Waals surface area contributed by atoms with Crippen molar-refractivity contribution < 1.29 is 18.3 Å². The number of nitrogens with one attached hydrogen (secondary N) is 1. The van der Waals surface area contributed by atoms with E-state index in [2.05, 4.69) is 4.72 Å². The van der Waals surface area contributed by atoms with Crippen molar-refractivity contribution in [2.75, 3.05) is 0 Å². The number of oxazole rings is 1. The molecule has 188 valence electrons. The Morgan fingerprint density at radius 2 is 1.74 bits per heavy atom. The van der Waals surface area contributed by atoms with Gasteiger partial charge in [0, 0.05) is 16.9 Å². The average molecular weight is 517 g/mol. The van der Waals surface area contributed by atoms with Gasteiger partial charge < -0.3 is 18.3 Å². The number of hydrogen-bond donors (Lipinski definition) is 1. The fraction of sp³-hybridized carbons (Fsp3) is 0.500. The lowest BCUT2D eigenvalue weighted by Gasteiger charge is -2.32. The van der Waals surface area contributed by atoms with Crippen LogP contribution in [0.4, 0.5) is 0 Å². The molecule has 0 saturated carbocycles. The molecule has 35 heavy (non-hydrogen) atoms. The molecule has 1 aromatic heterocycles. The third kappa shape index (κ3) is 5.02. The fourth-order valence-corrected chi connectivity index (χ4v) is 4.97. The first-order valence-electron chi connectivity index (χ1n) is 11.8. The number of nitrogens with zero attached hydrogens (tertiary/aromatic N) is 1. The second-order valence-corrected chi connectivity index (χ2v) is 13.6. The van der Waals surface area contributed by atoms with Gasteiger partial charge in [0.2, 0.25) is 5.89 Å². The fourth-order valence-electron chi connectivity index (χ4n) is 3.89. The minimum atomic E-state index is -1.21. The summed E-state index contributed by atoms with van der Waals surface area (Å²) in [6.45, 7) is 17.9. The molecule has 4 rings (SSSR count). The van der Waals surface area contributed by atoms with Gasteiger partial charge in [0.1, 0.15) is 10.3 Å². The van der Waals surface area contributed by atoms with Gasteiger partial charge >= 0.3 is 7.12 Å². The van der Waals surface area contributed by atoms with E-state index in [1.165, 1.54) is 0 Å². The zero-order chi connectivity index (χ0) is 25.9. The largest absolute Gasteiger partial charge is 0.598 e. The smallest absolute Gasteiger partial charge is 0.495 e. The zero-order valence-corrected chi connectivity index (χ0v) is 23.5. The number of halogens is 1. The van der Waals surface area contributed by atoms with Crippen LogP contribution in [0.3, 0.4) is 0 Å². The Kier molecular flexibility index (Phi) is 6.88. The molecule has 1 aliphatic rings. The van der Waals surface area contributed by atoms with E-state index in [0.29, 0.717) is 22.0 Å². The molecule has 0 aliphatic carbocycles. The number of fused-ring (bicyclic) bond motifs is 1. The summed E-state index contributed by atoms with van der Waals surface area (Å²) in [5.74, 6) is 0.480. The summed E-state index contributed by atoms with van der Waals surface area (Å²) >= 11 is 5.38. The molecule has 1 fully saturated rings. The highest BCUT2D eigenvalue weighted by atomic mass is 35.5. The minimum Gasteiger partial charge on any atom is -0.598 e. The number of rotatable bonds is 5. The SMILES string of the molecule is Cc1c(B2OC(C)(C)C(C)(C)O2)cccc1-c1nc2cc(C(C)N[S+]([O-])C(C)(C)C)cc(Cl)c2o1. The highest BCUT2D eigenvalue weighted by Gasteiger charge is 2.52. The Labute approximate surface area is 216 Å². The first-order chi connectivity index (χ1) is 16.1. The monoisotopic (exact) mass is 516 g/mol. The van der Waals surface area contributed by atoms with Crippen molar-refractivity contribution in [2.45, 2.75) is 84.3 Å². The van der Waals surface area contributed by atoms with E-state index < -0.39 is 29.7 Å². The van der Waals surface area contributed by atoms with Gasteiger partial charge in [-0.2, -0.15) is 0 Å². The van der Waals surface area contributed by atoms with Crippen LogP contribution in [0.15, 0.2) is 34.7 Å². The summed E-state index contributed by atoms with van der Waals surface area (Å²) in [5.41, 5.74) is 3.98. The van der Waals surface area contributed by atoms with Crippen molar-refractivity contribution in [3.05, 3.63) is 46.5 Å². The van der Waals surface area contributed by atoms with Gasteiger partial charge in [0.05, 0.1) is 22.3 Å². The van der Waals surface area contributed by atoms with Crippen LogP contribution >= 0.6 is 11.6 Å². The maximum atomic E-state index is 12.6. The van der Waals surface area contributed by atoms with E-state index in [9.17, 15) is 4.55 Å². The lowest BCUT2D eigenvalue weighted by Crippen LogP contribution is -2.41. The molecule has 3 aromatic rings. The number of hydrogen-bond acceptors (Lipinski definition) is 6. The predicted octanol–water partition coefficient (Wildman–Crippen LogP) is 5.87. The van der Waals surface area contributed by atoms with Gasteiger partial charge in [-0.25, -0.2) is 4.98 Å². The van der Waals surface area contributed by atoms with Crippen molar-refractivity contribution in [1.82, 2.24) is 9.71 Å². The summed E-state index contributed by atoms with van der Waals surface area (Å²) in [5, 5.41) is 0.464. The Morgan fingerprint density at radius 1 is 1.11 bits per heavy atom. The van der Waals surface area contributed by atoms with Crippen molar-refractivity contribution in [1.29, 1.82) is 0 Å². The van der Waals surface area contributed by atoms with Crippen LogP contribution in [0.25, 0.3) is 22.6 Å². The molecule has 0 bridgehead atoms. The van der Waals surface area contributed by atoms with Gasteiger partial charge in [0.15, 0.2) is 5.58 Å². The molecule has 0 spiro atoms. The highest BCUT2D eigenvalue weighted by molar-refractivity contribution is 7.90. The van der Waals surface area contributed by atoms with Gasteiger partial charge in [-0.05, 0) is 97.1 Å². The normalized spacial score (nSPS) is 19.3. The van der Waals surface area contributed by atoms with E-state index in [1.54, 1.807) is 0 Å². The van der Waals surface area contributed by atoms with Crippen LogP contribution in [0.2, 0.25) is 5.02 Å². The van der Waals surface area contributed by atoms with Crippen LogP contribution in [-0.4, -0.2) is 32.6 Å². The molecular weight excluding hydrogens is 483 g/mol. The minimum absolute atomic E-state index is 0.175. The summed E-state index contributed by atoms with van der Waals surface area (Å²) in [6, 6.07) is 9.53. The molecule has 9 heteroatoms. The van der Waals surface area contributed by atoms with Gasteiger partial charge in [-0.15, -0.1) is 4.72 Å². The van der Waals surface area contributed by atoms with Gasteiger partial charge in [0.25, 0.3) is 0 Å².